The molecule has 4 heteroatoms. The first-order chi connectivity index (χ1) is 3.13. The van der Waals surface area contributed by atoms with Crippen LogP contribution < -0.4 is 5.09 Å². The summed E-state index contributed by atoms with van der Waals surface area (Å²) >= 11 is 0. The Labute approximate surface area is 44.3 Å². The summed E-state index contributed by atoms with van der Waals surface area (Å²) in [6, 6.07) is 0.154. The zero-order valence-electron chi connectivity index (χ0n) is 4.42. The van der Waals surface area contributed by atoms with Crippen molar-refractivity contribution in [2.24, 2.45) is 0 Å². The van der Waals surface area contributed by atoms with Gasteiger partial charge in [0.1, 0.15) is 0 Å². The SMILES string of the molecule is CC(C)NP(O)O. The van der Waals surface area contributed by atoms with E-state index in [0.717, 1.165) is 0 Å². The quantitative estimate of drug-likeness (QED) is 0.459. The first kappa shape index (κ1) is 7.31. The van der Waals surface area contributed by atoms with E-state index in [2.05, 4.69) is 5.09 Å². The highest BCUT2D eigenvalue weighted by molar-refractivity contribution is 7.42. The van der Waals surface area contributed by atoms with E-state index >= 15 is 0 Å². The van der Waals surface area contributed by atoms with Crippen LogP contribution in [0.1, 0.15) is 13.8 Å². The highest BCUT2D eigenvalue weighted by Crippen LogP contribution is 2.15. The molecule has 0 aromatic carbocycles. The van der Waals surface area contributed by atoms with Crippen LogP contribution in [0.25, 0.3) is 0 Å². The zero-order chi connectivity index (χ0) is 5.86. The van der Waals surface area contributed by atoms with Crippen LogP contribution in [-0.2, 0) is 0 Å². The Morgan fingerprint density at radius 1 is 1.43 bits per heavy atom. The molecule has 0 aromatic rings. The number of hydrogen-bond donors (Lipinski definition) is 3. The Morgan fingerprint density at radius 3 is 1.86 bits per heavy atom. The zero-order valence-corrected chi connectivity index (χ0v) is 5.31. The van der Waals surface area contributed by atoms with Crippen LogP contribution in [0.15, 0.2) is 0 Å². The summed E-state index contributed by atoms with van der Waals surface area (Å²) in [6.45, 7) is 3.70. The lowest BCUT2D eigenvalue weighted by atomic mass is 10.4. The summed E-state index contributed by atoms with van der Waals surface area (Å²) < 4.78 is 0. The summed E-state index contributed by atoms with van der Waals surface area (Å²) in [5.41, 5.74) is 0. The smallest absolute Gasteiger partial charge is 0.250 e. The van der Waals surface area contributed by atoms with Crippen LogP contribution in [0.3, 0.4) is 0 Å². The van der Waals surface area contributed by atoms with E-state index in [0.29, 0.717) is 0 Å². The van der Waals surface area contributed by atoms with Gasteiger partial charge in [-0.2, -0.15) is 0 Å². The summed E-state index contributed by atoms with van der Waals surface area (Å²) in [5.74, 6) is 0. The molecule has 0 rings (SSSR count). The van der Waals surface area contributed by atoms with Crippen molar-refractivity contribution in [3.8, 4) is 0 Å². The van der Waals surface area contributed by atoms with E-state index in [1.807, 2.05) is 13.8 Å². The van der Waals surface area contributed by atoms with Crippen LogP contribution in [0, 0.1) is 0 Å². The van der Waals surface area contributed by atoms with Gasteiger partial charge in [0.15, 0.2) is 0 Å². The van der Waals surface area contributed by atoms with E-state index in [9.17, 15) is 0 Å². The normalized spacial score (nSPS) is 11.1. The number of rotatable bonds is 2. The maximum atomic E-state index is 8.23. The van der Waals surface area contributed by atoms with Crippen molar-refractivity contribution in [1.29, 1.82) is 0 Å². The molecule has 0 radical (unpaired) electrons. The van der Waals surface area contributed by atoms with Crippen LogP contribution in [-0.4, -0.2) is 15.8 Å². The molecule has 0 bridgehead atoms. The molecule has 0 atom stereocenters. The maximum absolute atomic E-state index is 8.23. The minimum absolute atomic E-state index is 0.154. The van der Waals surface area contributed by atoms with Crippen LogP contribution in [0.5, 0.6) is 0 Å². The summed E-state index contributed by atoms with van der Waals surface area (Å²) in [5, 5.41) is 2.48. The fraction of sp³-hybridized carbons (Fsp3) is 1.00. The molecule has 0 aliphatic rings. The molecule has 0 unspecified atom stereocenters. The van der Waals surface area contributed by atoms with Crippen LogP contribution in [0.4, 0.5) is 0 Å². The standard InChI is InChI=1S/C3H10NO2P/c1-3(2)4-7(5)6/h3-6H,1-2H3. The van der Waals surface area contributed by atoms with Crippen molar-refractivity contribution in [3.05, 3.63) is 0 Å². The lowest BCUT2D eigenvalue weighted by Crippen LogP contribution is -2.15. The van der Waals surface area contributed by atoms with Crippen molar-refractivity contribution < 1.29 is 9.79 Å². The van der Waals surface area contributed by atoms with Gasteiger partial charge in [-0.1, -0.05) is 0 Å². The second kappa shape index (κ2) is 3.33. The highest BCUT2D eigenvalue weighted by Gasteiger charge is 1.97. The van der Waals surface area contributed by atoms with Gasteiger partial charge in [-0.3, -0.25) is 0 Å². The van der Waals surface area contributed by atoms with Gasteiger partial charge in [-0.05, 0) is 13.8 Å². The Hall–Kier alpha value is 0.310. The van der Waals surface area contributed by atoms with Gasteiger partial charge < -0.3 is 9.79 Å². The van der Waals surface area contributed by atoms with Crippen molar-refractivity contribution >= 4 is 8.53 Å². The second-order valence-corrected chi connectivity index (χ2v) is 2.41. The Balaban J connectivity index is 2.95. The molecule has 3 N–H and O–H groups in total. The predicted molar refractivity (Wildman–Crippen MR) is 29.6 cm³/mol. The number of nitrogens with one attached hydrogen (secondary N) is 1. The largest absolute Gasteiger partial charge is 0.338 e. The van der Waals surface area contributed by atoms with E-state index in [-0.39, 0.29) is 6.04 Å². The van der Waals surface area contributed by atoms with Gasteiger partial charge in [-0.25, -0.2) is 5.09 Å². The molecule has 0 saturated carbocycles. The summed E-state index contributed by atoms with van der Waals surface area (Å²) in [6.07, 6.45) is 0. The van der Waals surface area contributed by atoms with Gasteiger partial charge in [-0.15, -0.1) is 0 Å². The lowest BCUT2D eigenvalue weighted by Gasteiger charge is -2.06. The fourth-order valence-corrected chi connectivity index (χ4v) is 0.693. The Morgan fingerprint density at radius 2 is 1.86 bits per heavy atom. The van der Waals surface area contributed by atoms with E-state index in [4.69, 9.17) is 9.79 Å². The highest BCUT2D eigenvalue weighted by atomic mass is 31.2. The number of hydrogen-bond acceptors (Lipinski definition) is 3. The average molecular weight is 123 g/mol. The minimum Gasteiger partial charge on any atom is -0.338 e. The third-order valence-electron chi connectivity index (χ3n) is 0.374. The van der Waals surface area contributed by atoms with Gasteiger partial charge in [0.05, 0.1) is 0 Å². The van der Waals surface area contributed by atoms with Crippen molar-refractivity contribution in [2.45, 2.75) is 19.9 Å². The van der Waals surface area contributed by atoms with Crippen molar-refractivity contribution in [3.63, 3.8) is 0 Å². The maximum Gasteiger partial charge on any atom is 0.250 e. The van der Waals surface area contributed by atoms with Gasteiger partial charge in [0.25, 0.3) is 0 Å². The van der Waals surface area contributed by atoms with E-state index in [1.165, 1.54) is 0 Å². The third-order valence-corrected chi connectivity index (χ3v) is 1.12. The summed E-state index contributed by atoms with van der Waals surface area (Å²) in [4.78, 5) is 16.5. The Kier molecular flexibility index (Phi) is 3.48. The molecule has 0 aromatic heterocycles. The molecule has 0 aliphatic carbocycles. The molecule has 0 spiro atoms. The van der Waals surface area contributed by atoms with Gasteiger partial charge in [0.2, 0.25) is 8.53 Å². The monoisotopic (exact) mass is 123 g/mol. The van der Waals surface area contributed by atoms with E-state index in [1.54, 1.807) is 0 Å². The molecule has 0 fully saturated rings. The van der Waals surface area contributed by atoms with Crippen LogP contribution >= 0.6 is 8.53 Å². The molecule has 0 aliphatic heterocycles. The average Bonchev–Trinajstić information content (AvgIpc) is 1.27. The molecule has 3 nitrogen and oxygen atoms in total. The van der Waals surface area contributed by atoms with E-state index < -0.39 is 8.53 Å². The predicted octanol–water partition coefficient (Wildman–Crippen LogP) is 0.196. The molecule has 0 amide bonds. The van der Waals surface area contributed by atoms with Gasteiger partial charge >= 0.3 is 0 Å². The summed E-state index contributed by atoms with van der Waals surface area (Å²) in [7, 11) is -1.89. The minimum atomic E-state index is -1.89. The molecule has 44 valence electrons. The molecule has 7 heavy (non-hydrogen) atoms. The van der Waals surface area contributed by atoms with Crippen molar-refractivity contribution in [2.75, 3.05) is 0 Å². The van der Waals surface area contributed by atoms with Crippen molar-refractivity contribution in [1.82, 2.24) is 5.09 Å². The second-order valence-electron chi connectivity index (χ2n) is 1.57. The van der Waals surface area contributed by atoms with Gasteiger partial charge in [0, 0.05) is 6.04 Å². The molecule has 0 saturated heterocycles. The molecule has 0 heterocycles. The first-order valence-electron chi connectivity index (χ1n) is 2.07. The Bertz CT molecular complexity index is 42.2. The first-order valence-corrected chi connectivity index (χ1v) is 3.31. The molecular formula is C3H10NO2P. The lowest BCUT2D eigenvalue weighted by molar-refractivity contribution is 0.456. The molecular weight excluding hydrogens is 113 g/mol. The third kappa shape index (κ3) is 6.31. The van der Waals surface area contributed by atoms with Crippen LogP contribution in [0.2, 0.25) is 0 Å². The fourth-order valence-electron chi connectivity index (χ4n) is 0.231. The topological polar surface area (TPSA) is 52.5 Å².